The number of nitro benzene ring substituents is 1. The zero-order valence-corrected chi connectivity index (χ0v) is 13.7. The highest BCUT2D eigenvalue weighted by Crippen LogP contribution is 2.27. The molecular formula is C15H11ClN2O5S. The lowest BCUT2D eigenvalue weighted by atomic mass is 10.3. The Bertz CT molecular complexity index is 789. The van der Waals surface area contributed by atoms with Crippen molar-refractivity contribution in [3.63, 3.8) is 0 Å². The quantitative estimate of drug-likeness (QED) is 0.365. The number of nitrogens with zero attached hydrogens (tertiary/aromatic N) is 1. The Morgan fingerprint density at radius 2 is 2.17 bits per heavy atom. The second-order valence-electron chi connectivity index (χ2n) is 4.43. The van der Waals surface area contributed by atoms with Crippen LogP contribution in [0.4, 0.5) is 11.4 Å². The molecule has 0 spiro atoms. The Labute approximate surface area is 145 Å². The van der Waals surface area contributed by atoms with Gasteiger partial charge in [0.15, 0.2) is 6.61 Å². The number of carbonyl (C=O) groups is 2. The van der Waals surface area contributed by atoms with Crippen LogP contribution in [0.15, 0.2) is 41.8 Å². The van der Waals surface area contributed by atoms with Gasteiger partial charge in [0.2, 0.25) is 0 Å². The number of benzene rings is 1. The van der Waals surface area contributed by atoms with Crippen molar-refractivity contribution in [1.29, 1.82) is 0 Å². The molecule has 0 saturated carbocycles. The minimum atomic E-state index is -0.666. The lowest BCUT2D eigenvalue weighted by Gasteiger charge is -2.05. The van der Waals surface area contributed by atoms with Gasteiger partial charge in [-0.1, -0.05) is 17.7 Å². The number of hydrogen-bond donors (Lipinski definition) is 1. The third kappa shape index (κ3) is 5.18. The van der Waals surface area contributed by atoms with Crippen LogP contribution in [-0.2, 0) is 14.3 Å². The van der Waals surface area contributed by atoms with Gasteiger partial charge in [-0.2, -0.15) is 0 Å². The number of nitro groups is 1. The molecule has 1 N–H and O–H groups in total. The molecular weight excluding hydrogens is 356 g/mol. The summed E-state index contributed by atoms with van der Waals surface area (Å²) < 4.78 is 4.78. The summed E-state index contributed by atoms with van der Waals surface area (Å²) in [5.74, 6) is -1.29. The molecule has 0 saturated heterocycles. The summed E-state index contributed by atoms with van der Waals surface area (Å²) in [6.07, 6.45) is 2.79. The smallest absolute Gasteiger partial charge is 0.331 e. The molecule has 1 amide bonds. The van der Waals surface area contributed by atoms with Crippen molar-refractivity contribution in [2.24, 2.45) is 0 Å². The molecule has 0 fully saturated rings. The molecule has 9 heteroatoms. The summed E-state index contributed by atoms with van der Waals surface area (Å²) >= 11 is 7.13. The SMILES string of the molecule is O=C(COC(=O)/C=C/c1cccs1)Nc1ccc(Cl)c([N+](=O)[O-])c1. The molecule has 0 radical (unpaired) electrons. The van der Waals surface area contributed by atoms with E-state index < -0.39 is 23.4 Å². The fraction of sp³-hybridized carbons (Fsp3) is 0.0667. The minimum Gasteiger partial charge on any atom is -0.452 e. The molecule has 2 rings (SSSR count). The summed E-state index contributed by atoms with van der Waals surface area (Å²) in [5.41, 5.74) is -0.147. The van der Waals surface area contributed by atoms with Crippen LogP contribution in [0, 0.1) is 10.1 Å². The van der Waals surface area contributed by atoms with Gasteiger partial charge in [0.25, 0.3) is 11.6 Å². The van der Waals surface area contributed by atoms with Gasteiger partial charge in [-0.25, -0.2) is 4.79 Å². The van der Waals surface area contributed by atoms with E-state index in [0.717, 1.165) is 10.9 Å². The molecule has 0 bridgehead atoms. The number of thiophene rings is 1. The van der Waals surface area contributed by atoms with Crippen LogP contribution in [0.5, 0.6) is 0 Å². The number of halogens is 1. The van der Waals surface area contributed by atoms with Gasteiger partial charge in [-0.05, 0) is 29.7 Å². The number of esters is 1. The number of ether oxygens (including phenoxy) is 1. The number of carbonyl (C=O) groups excluding carboxylic acids is 2. The molecule has 1 aromatic carbocycles. The molecule has 0 aliphatic carbocycles. The number of rotatable bonds is 6. The Morgan fingerprint density at radius 1 is 1.38 bits per heavy atom. The highest BCUT2D eigenvalue weighted by atomic mass is 35.5. The number of anilines is 1. The summed E-state index contributed by atoms with van der Waals surface area (Å²) in [4.78, 5) is 34.2. The normalized spacial score (nSPS) is 10.5. The molecule has 1 aromatic heterocycles. The first kappa shape index (κ1) is 17.6. The fourth-order valence-corrected chi connectivity index (χ4v) is 2.45. The Morgan fingerprint density at radius 3 is 2.83 bits per heavy atom. The van der Waals surface area contributed by atoms with E-state index in [2.05, 4.69) is 5.32 Å². The van der Waals surface area contributed by atoms with E-state index in [4.69, 9.17) is 16.3 Å². The summed E-state index contributed by atoms with van der Waals surface area (Å²) in [6, 6.07) is 7.50. The second kappa shape index (κ2) is 8.23. The fourth-order valence-electron chi connectivity index (χ4n) is 1.65. The minimum absolute atomic E-state index is 0.0388. The van der Waals surface area contributed by atoms with Gasteiger partial charge in [0, 0.05) is 22.7 Å². The maximum absolute atomic E-state index is 11.7. The predicted octanol–water partition coefficient (Wildman–Crippen LogP) is 3.50. The maximum atomic E-state index is 11.7. The predicted molar refractivity (Wildman–Crippen MR) is 91.0 cm³/mol. The largest absolute Gasteiger partial charge is 0.452 e. The monoisotopic (exact) mass is 366 g/mol. The molecule has 124 valence electrons. The molecule has 0 aliphatic rings. The highest BCUT2D eigenvalue weighted by Gasteiger charge is 2.14. The number of amides is 1. The average molecular weight is 367 g/mol. The lowest BCUT2D eigenvalue weighted by molar-refractivity contribution is -0.384. The van der Waals surface area contributed by atoms with Crippen LogP contribution in [0.25, 0.3) is 6.08 Å². The highest BCUT2D eigenvalue weighted by molar-refractivity contribution is 7.10. The van der Waals surface area contributed by atoms with Crippen molar-refractivity contribution < 1.29 is 19.2 Å². The van der Waals surface area contributed by atoms with Crippen molar-refractivity contribution in [2.45, 2.75) is 0 Å². The maximum Gasteiger partial charge on any atom is 0.331 e. The second-order valence-corrected chi connectivity index (χ2v) is 5.81. The van der Waals surface area contributed by atoms with Gasteiger partial charge >= 0.3 is 5.97 Å². The van der Waals surface area contributed by atoms with E-state index in [1.807, 2.05) is 17.5 Å². The van der Waals surface area contributed by atoms with Gasteiger partial charge in [0.1, 0.15) is 5.02 Å². The van der Waals surface area contributed by atoms with Crippen molar-refractivity contribution in [3.8, 4) is 0 Å². The third-order valence-corrected chi connectivity index (χ3v) is 3.86. The van der Waals surface area contributed by atoms with E-state index in [0.29, 0.717) is 0 Å². The van der Waals surface area contributed by atoms with E-state index in [-0.39, 0.29) is 16.4 Å². The van der Waals surface area contributed by atoms with E-state index >= 15 is 0 Å². The third-order valence-electron chi connectivity index (χ3n) is 2.70. The van der Waals surface area contributed by atoms with Crippen LogP contribution in [0.2, 0.25) is 5.02 Å². The summed E-state index contributed by atoms with van der Waals surface area (Å²) in [6.45, 7) is -0.510. The van der Waals surface area contributed by atoms with E-state index in [1.165, 1.54) is 29.5 Å². The lowest BCUT2D eigenvalue weighted by Crippen LogP contribution is -2.20. The first-order valence-corrected chi connectivity index (χ1v) is 7.83. The number of nitrogens with one attached hydrogen (secondary N) is 1. The van der Waals surface area contributed by atoms with Gasteiger partial charge in [0.05, 0.1) is 4.92 Å². The molecule has 24 heavy (non-hydrogen) atoms. The van der Waals surface area contributed by atoms with Crippen LogP contribution in [0.1, 0.15) is 4.88 Å². The number of hydrogen-bond acceptors (Lipinski definition) is 6. The molecule has 7 nitrogen and oxygen atoms in total. The molecule has 0 aliphatic heterocycles. The first-order valence-electron chi connectivity index (χ1n) is 6.58. The Balaban J connectivity index is 1.86. The van der Waals surface area contributed by atoms with Crippen LogP contribution >= 0.6 is 22.9 Å². The molecule has 1 heterocycles. The zero-order chi connectivity index (χ0) is 17.5. The van der Waals surface area contributed by atoms with Crippen LogP contribution < -0.4 is 5.32 Å². The van der Waals surface area contributed by atoms with Crippen molar-refractivity contribution in [3.05, 3.63) is 61.8 Å². The molecule has 0 unspecified atom stereocenters. The zero-order valence-electron chi connectivity index (χ0n) is 12.1. The molecule has 0 atom stereocenters. The van der Waals surface area contributed by atoms with Crippen LogP contribution in [-0.4, -0.2) is 23.4 Å². The average Bonchev–Trinajstić information content (AvgIpc) is 3.06. The standard InChI is InChI=1S/C15H11ClN2O5S/c16-12-5-3-10(8-13(12)18(21)22)17-14(19)9-23-15(20)6-4-11-2-1-7-24-11/h1-8H,9H2,(H,17,19)/b6-4+. The topological polar surface area (TPSA) is 98.5 Å². The van der Waals surface area contributed by atoms with Crippen molar-refractivity contribution in [2.75, 3.05) is 11.9 Å². The van der Waals surface area contributed by atoms with Crippen molar-refractivity contribution >= 4 is 52.3 Å². The van der Waals surface area contributed by atoms with Gasteiger partial charge < -0.3 is 10.1 Å². The molecule has 2 aromatic rings. The van der Waals surface area contributed by atoms with Gasteiger partial charge in [-0.15, -0.1) is 11.3 Å². The van der Waals surface area contributed by atoms with Crippen LogP contribution in [0.3, 0.4) is 0 Å². The van der Waals surface area contributed by atoms with Crippen molar-refractivity contribution in [1.82, 2.24) is 0 Å². The van der Waals surface area contributed by atoms with E-state index in [9.17, 15) is 19.7 Å². The summed E-state index contributed by atoms with van der Waals surface area (Å²) in [5, 5.41) is 15.0. The van der Waals surface area contributed by atoms with E-state index in [1.54, 1.807) is 6.08 Å². The Hall–Kier alpha value is -2.71. The summed E-state index contributed by atoms with van der Waals surface area (Å²) in [7, 11) is 0. The Kier molecular flexibility index (Phi) is 6.05. The van der Waals surface area contributed by atoms with Gasteiger partial charge in [-0.3, -0.25) is 14.9 Å². The first-order chi connectivity index (χ1) is 11.5.